The molecule has 0 spiro atoms. The Morgan fingerprint density at radius 3 is 2.64 bits per heavy atom. The maximum atomic E-state index is 12.5. The average Bonchev–Trinajstić information content (AvgIpc) is 3.24. The number of nitriles is 1. The lowest BCUT2D eigenvalue weighted by Crippen LogP contribution is -2.15. The van der Waals surface area contributed by atoms with Crippen LogP contribution in [0.5, 0.6) is 0 Å². The van der Waals surface area contributed by atoms with E-state index in [-0.39, 0.29) is 22.8 Å². The van der Waals surface area contributed by atoms with Crippen LogP contribution < -0.4 is 5.32 Å². The van der Waals surface area contributed by atoms with Crippen molar-refractivity contribution < 1.29 is 22.4 Å². The van der Waals surface area contributed by atoms with Gasteiger partial charge < -0.3 is 4.42 Å². The number of rotatable bonds is 3. The van der Waals surface area contributed by atoms with E-state index >= 15 is 0 Å². The van der Waals surface area contributed by atoms with E-state index in [4.69, 9.17) is 4.42 Å². The van der Waals surface area contributed by atoms with Gasteiger partial charge in [-0.25, -0.2) is 0 Å². The number of carbonyl (C=O) groups excluding carboxylic acids is 1. The molecule has 3 heterocycles. The van der Waals surface area contributed by atoms with Gasteiger partial charge >= 0.3 is 6.18 Å². The van der Waals surface area contributed by atoms with E-state index in [0.29, 0.717) is 0 Å². The van der Waals surface area contributed by atoms with E-state index < -0.39 is 23.9 Å². The van der Waals surface area contributed by atoms with Gasteiger partial charge in [-0.3, -0.25) is 19.8 Å². The zero-order valence-corrected chi connectivity index (χ0v) is 12.5. The van der Waals surface area contributed by atoms with Crippen LogP contribution in [0.15, 0.2) is 28.9 Å². The minimum absolute atomic E-state index is 0.0576. The van der Waals surface area contributed by atoms with Crippen LogP contribution >= 0.6 is 0 Å². The van der Waals surface area contributed by atoms with E-state index in [2.05, 4.69) is 15.4 Å². The Morgan fingerprint density at radius 1 is 1.40 bits per heavy atom. The lowest BCUT2D eigenvalue weighted by Gasteiger charge is -2.01. The third kappa shape index (κ3) is 2.97. The summed E-state index contributed by atoms with van der Waals surface area (Å²) >= 11 is 0. The Labute approximate surface area is 137 Å². The van der Waals surface area contributed by atoms with Crippen molar-refractivity contribution >= 4 is 11.9 Å². The molecule has 11 heteroatoms. The van der Waals surface area contributed by atoms with Crippen molar-refractivity contribution in [3.05, 3.63) is 47.2 Å². The quantitative estimate of drug-likeness (QED) is 0.754. The number of halogens is 3. The maximum Gasteiger partial charge on any atom is 0.451 e. The highest BCUT2D eigenvalue weighted by Crippen LogP contribution is 2.28. The second kappa shape index (κ2) is 5.82. The fraction of sp³-hybridized carbons (Fsp3) is 0.143. The molecule has 0 saturated carbocycles. The summed E-state index contributed by atoms with van der Waals surface area (Å²) < 4.78 is 44.4. The van der Waals surface area contributed by atoms with Crippen molar-refractivity contribution in [1.82, 2.24) is 19.7 Å². The summed E-state index contributed by atoms with van der Waals surface area (Å²) in [5.74, 6) is -2.51. The molecule has 3 rings (SSSR count). The second-order valence-corrected chi connectivity index (χ2v) is 4.88. The van der Waals surface area contributed by atoms with Crippen LogP contribution in [-0.2, 0) is 6.18 Å². The van der Waals surface area contributed by atoms with E-state index in [1.54, 1.807) is 29.6 Å². The Balaban J connectivity index is 1.93. The number of nitrogens with one attached hydrogen (secondary N) is 2. The highest BCUT2D eigenvalue weighted by molar-refractivity contribution is 6.06. The van der Waals surface area contributed by atoms with E-state index in [0.717, 1.165) is 0 Å². The van der Waals surface area contributed by atoms with Crippen LogP contribution in [-0.4, -0.2) is 25.7 Å². The standard InChI is InChI=1S/C14H9F3N6O2/c1-7-9(8(6-18)11(25-7)23-4-2-3-5-23)10(24)19-13-20-12(21-22-13)14(15,16)17/h2-5H,1H3,(H2,19,20,21,22,24). The molecule has 3 aromatic heterocycles. The van der Waals surface area contributed by atoms with Crippen LogP contribution in [0, 0.1) is 18.3 Å². The van der Waals surface area contributed by atoms with Gasteiger partial charge in [0.1, 0.15) is 23.0 Å². The Bertz CT molecular complexity index is 962. The van der Waals surface area contributed by atoms with Crippen molar-refractivity contribution in [2.75, 3.05) is 5.32 Å². The summed E-state index contributed by atoms with van der Waals surface area (Å²) in [6.07, 6.45) is -1.49. The predicted molar refractivity (Wildman–Crippen MR) is 76.8 cm³/mol. The van der Waals surface area contributed by atoms with Crippen LogP contribution in [0.1, 0.15) is 27.5 Å². The number of carbonyl (C=O) groups is 1. The number of hydrogen-bond donors (Lipinski definition) is 2. The molecule has 0 fully saturated rings. The highest BCUT2D eigenvalue weighted by atomic mass is 19.4. The molecule has 8 nitrogen and oxygen atoms in total. The zero-order chi connectivity index (χ0) is 18.2. The number of aromatic nitrogens is 4. The van der Waals surface area contributed by atoms with Crippen molar-refractivity contribution in [1.29, 1.82) is 5.26 Å². The molecular formula is C14H9F3N6O2. The number of hydrogen-bond acceptors (Lipinski definition) is 5. The molecule has 0 radical (unpaired) electrons. The first-order valence-electron chi connectivity index (χ1n) is 6.79. The average molecular weight is 350 g/mol. The molecule has 0 atom stereocenters. The van der Waals surface area contributed by atoms with Gasteiger partial charge in [0.05, 0.1) is 0 Å². The third-order valence-corrected chi connectivity index (χ3v) is 3.22. The van der Waals surface area contributed by atoms with Gasteiger partial charge in [-0.15, -0.1) is 5.10 Å². The number of aryl methyl sites for hydroxylation is 1. The minimum Gasteiger partial charge on any atom is -0.443 e. The minimum atomic E-state index is -4.72. The first kappa shape index (κ1) is 16.3. The molecular weight excluding hydrogens is 341 g/mol. The summed E-state index contributed by atoms with van der Waals surface area (Å²) in [6.45, 7) is 1.46. The normalized spacial score (nSPS) is 11.3. The summed E-state index contributed by atoms with van der Waals surface area (Å²) in [6, 6.07) is 5.26. The number of H-pyrrole nitrogens is 1. The summed E-state index contributed by atoms with van der Waals surface area (Å²) in [5, 5.41) is 16.4. The SMILES string of the molecule is Cc1oc(-n2cccc2)c(C#N)c1C(=O)Nc1n[nH]c(C(F)(F)F)n1. The molecule has 2 N–H and O–H groups in total. The molecule has 0 aliphatic rings. The molecule has 0 unspecified atom stereocenters. The van der Waals surface area contributed by atoms with E-state index in [1.807, 2.05) is 6.07 Å². The van der Waals surface area contributed by atoms with Gasteiger partial charge in [-0.2, -0.15) is 23.4 Å². The number of anilines is 1. The molecule has 0 aliphatic heterocycles. The zero-order valence-electron chi connectivity index (χ0n) is 12.5. The fourth-order valence-corrected chi connectivity index (χ4v) is 2.17. The molecule has 0 saturated heterocycles. The Hall–Kier alpha value is -3.55. The van der Waals surface area contributed by atoms with Gasteiger partial charge in [0.25, 0.3) is 5.91 Å². The van der Waals surface area contributed by atoms with Gasteiger partial charge in [0, 0.05) is 12.4 Å². The first-order chi connectivity index (χ1) is 11.8. The van der Waals surface area contributed by atoms with Crippen LogP contribution in [0.3, 0.4) is 0 Å². The molecule has 0 aliphatic carbocycles. The van der Waals surface area contributed by atoms with Crippen LogP contribution in [0.4, 0.5) is 19.1 Å². The highest BCUT2D eigenvalue weighted by Gasteiger charge is 2.35. The lowest BCUT2D eigenvalue weighted by molar-refractivity contribution is -0.144. The number of amides is 1. The summed E-state index contributed by atoms with van der Waals surface area (Å²) in [5.41, 5.74) is -0.165. The Morgan fingerprint density at radius 2 is 2.08 bits per heavy atom. The first-order valence-corrected chi connectivity index (χ1v) is 6.79. The molecule has 128 valence electrons. The van der Waals surface area contributed by atoms with Crippen molar-refractivity contribution in [3.8, 4) is 12.0 Å². The summed E-state index contributed by atoms with van der Waals surface area (Å²) in [4.78, 5) is 15.5. The smallest absolute Gasteiger partial charge is 0.443 e. The second-order valence-electron chi connectivity index (χ2n) is 4.88. The van der Waals surface area contributed by atoms with Crippen molar-refractivity contribution in [2.24, 2.45) is 0 Å². The molecule has 1 amide bonds. The van der Waals surface area contributed by atoms with Gasteiger partial charge in [-0.05, 0) is 19.1 Å². The van der Waals surface area contributed by atoms with Gasteiger partial charge in [-0.1, -0.05) is 0 Å². The largest absolute Gasteiger partial charge is 0.451 e. The van der Waals surface area contributed by atoms with Crippen molar-refractivity contribution in [3.63, 3.8) is 0 Å². The predicted octanol–water partition coefficient (Wildman–Crippen LogP) is 2.64. The summed E-state index contributed by atoms with van der Waals surface area (Å²) in [7, 11) is 0. The fourth-order valence-electron chi connectivity index (χ4n) is 2.17. The van der Waals surface area contributed by atoms with Crippen molar-refractivity contribution in [2.45, 2.75) is 13.1 Å². The van der Waals surface area contributed by atoms with E-state index in [1.165, 1.54) is 11.5 Å². The molecule has 0 aromatic carbocycles. The number of nitrogens with zero attached hydrogens (tertiary/aromatic N) is 4. The maximum absolute atomic E-state index is 12.5. The van der Waals surface area contributed by atoms with Crippen LogP contribution in [0.2, 0.25) is 0 Å². The Kier molecular flexibility index (Phi) is 3.80. The number of furan rings is 1. The molecule has 3 aromatic rings. The van der Waals surface area contributed by atoms with Gasteiger partial charge in [0.2, 0.25) is 17.7 Å². The molecule has 0 bridgehead atoms. The van der Waals surface area contributed by atoms with Crippen LogP contribution in [0.25, 0.3) is 5.88 Å². The van der Waals surface area contributed by atoms with Gasteiger partial charge in [0.15, 0.2) is 0 Å². The molecule has 25 heavy (non-hydrogen) atoms. The van der Waals surface area contributed by atoms with E-state index in [9.17, 15) is 23.2 Å². The third-order valence-electron chi connectivity index (χ3n) is 3.22. The topological polar surface area (TPSA) is 113 Å². The number of aromatic amines is 1. The number of alkyl halides is 3. The lowest BCUT2D eigenvalue weighted by atomic mass is 10.1. The monoisotopic (exact) mass is 350 g/mol.